The standard InChI is InChI=1S/C24H19ClN2O3S/c1-16-2-11-22-26-20(12-23(28)27(22)13-16)14-30-24(29)18-5-3-17(4-6-18)15-31-21-9-7-19(25)8-10-21/h2-13H,14-15H2,1H3. The number of benzene rings is 2. The number of nitrogens with zero attached hydrogens (tertiary/aromatic N) is 2. The monoisotopic (exact) mass is 450 g/mol. The molecule has 4 aromatic rings. The zero-order chi connectivity index (χ0) is 21.8. The van der Waals surface area contributed by atoms with E-state index in [0.29, 0.717) is 21.9 Å². The van der Waals surface area contributed by atoms with Crippen LogP contribution in [0.4, 0.5) is 0 Å². The highest BCUT2D eigenvalue weighted by Crippen LogP contribution is 2.24. The van der Waals surface area contributed by atoms with Crippen LogP contribution in [0.25, 0.3) is 5.65 Å². The molecule has 0 aliphatic carbocycles. The largest absolute Gasteiger partial charge is 0.456 e. The smallest absolute Gasteiger partial charge is 0.338 e. The third kappa shape index (κ3) is 5.34. The fraction of sp³-hybridized carbons (Fsp3) is 0.125. The summed E-state index contributed by atoms with van der Waals surface area (Å²) < 4.78 is 6.83. The first-order valence-corrected chi connectivity index (χ1v) is 11.0. The summed E-state index contributed by atoms with van der Waals surface area (Å²) in [5, 5.41) is 0.714. The van der Waals surface area contributed by atoms with Crippen LogP contribution in [-0.2, 0) is 17.1 Å². The summed E-state index contributed by atoms with van der Waals surface area (Å²) in [5.41, 5.74) is 3.24. The number of carbonyl (C=O) groups excluding carboxylic acids is 1. The highest BCUT2D eigenvalue weighted by molar-refractivity contribution is 7.98. The number of thioether (sulfide) groups is 1. The molecule has 0 saturated carbocycles. The predicted molar refractivity (Wildman–Crippen MR) is 123 cm³/mol. The molecule has 2 aromatic heterocycles. The second kappa shape index (κ2) is 9.37. The predicted octanol–water partition coefficient (Wildman–Crippen LogP) is 5.31. The van der Waals surface area contributed by atoms with Crippen molar-refractivity contribution in [2.75, 3.05) is 0 Å². The van der Waals surface area contributed by atoms with Crippen LogP contribution >= 0.6 is 23.4 Å². The van der Waals surface area contributed by atoms with Crippen molar-refractivity contribution in [3.63, 3.8) is 0 Å². The summed E-state index contributed by atoms with van der Waals surface area (Å²) >= 11 is 7.60. The SMILES string of the molecule is Cc1ccc2nc(COC(=O)c3ccc(CSc4ccc(Cl)cc4)cc3)cc(=O)n2c1. The van der Waals surface area contributed by atoms with Crippen LogP contribution in [0.5, 0.6) is 0 Å². The van der Waals surface area contributed by atoms with E-state index in [1.807, 2.05) is 49.4 Å². The van der Waals surface area contributed by atoms with Crippen LogP contribution in [0.3, 0.4) is 0 Å². The van der Waals surface area contributed by atoms with Gasteiger partial charge in [0.1, 0.15) is 12.3 Å². The van der Waals surface area contributed by atoms with Gasteiger partial charge in [0.2, 0.25) is 0 Å². The minimum Gasteiger partial charge on any atom is -0.456 e. The molecule has 0 unspecified atom stereocenters. The van der Waals surface area contributed by atoms with Gasteiger partial charge in [-0.2, -0.15) is 0 Å². The van der Waals surface area contributed by atoms with E-state index in [1.165, 1.54) is 10.5 Å². The summed E-state index contributed by atoms with van der Waals surface area (Å²) in [7, 11) is 0. The van der Waals surface area contributed by atoms with Crippen LogP contribution in [0, 0.1) is 6.92 Å². The highest BCUT2D eigenvalue weighted by Gasteiger charge is 2.10. The molecule has 2 aromatic carbocycles. The zero-order valence-corrected chi connectivity index (χ0v) is 18.3. The molecule has 0 aliphatic heterocycles. The summed E-state index contributed by atoms with van der Waals surface area (Å²) in [6.07, 6.45) is 1.73. The van der Waals surface area contributed by atoms with E-state index < -0.39 is 5.97 Å². The van der Waals surface area contributed by atoms with Crippen molar-refractivity contribution in [1.82, 2.24) is 9.38 Å². The second-order valence-electron chi connectivity index (χ2n) is 7.04. The Balaban J connectivity index is 1.36. The second-order valence-corrected chi connectivity index (χ2v) is 8.52. The number of ether oxygens (including phenoxy) is 1. The third-order valence-electron chi connectivity index (χ3n) is 4.62. The van der Waals surface area contributed by atoms with Crippen molar-refractivity contribution in [3.8, 4) is 0 Å². The maximum Gasteiger partial charge on any atom is 0.338 e. The number of fused-ring (bicyclic) bond motifs is 1. The molecule has 0 N–H and O–H groups in total. The van der Waals surface area contributed by atoms with Crippen molar-refractivity contribution in [3.05, 3.63) is 111 Å². The Labute approximate surface area is 188 Å². The maximum atomic E-state index is 12.4. The molecular formula is C24H19ClN2O3S. The lowest BCUT2D eigenvalue weighted by Crippen LogP contribution is -2.17. The van der Waals surface area contributed by atoms with E-state index in [1.54, 1.807) is 36.2 Å². The fourth-order valence-corrected chi connectivity index (χ4v) is 3.97. The first kappa shape index (κ1) is 21.2. The van der Waals surface area contributed by atoms with E-state index in [9.17, 15) is 9.59 Å². The Morgan fingerprint density at radius 1 is 1.06 bits per heavy atom. The first-order valence-electron chi connectivity index (χ1n) is 9.61. The average Bonchev–Trinajstić information content (AvgIpc) is 2.78. The van der Waals surface area contributed by atoms with Gasteiger partial charge in [-0.1, -0.05) is 29.8 Å². The van der Waals surface area contributed by atoms with E-state index >= 15 is 0 Å². The van der Waals surface area contributed by atoms with Crippen LogP contribution in [0.2, 0.25) is 5.02 Å². The van der Waals surface area contributed by atoms with Gasteiger partial charge in [-0.05, 0) is 60.5 Å². The van der Waals surface area contributed by atoms with Gasteiger partial charge in [0.05, 0.1) is 11.3 Å². The summed E-state index contributed by atoms with van der Waals surface area (Å²) in [6.45, 7) is 1.84. The van der Waals surface area contributed by atoms with E-state index in [4.69, 9.17) is 16.3 Å². The highest BCUT2D eigenvalue weighted by atomic mass is 35.5. The third-order valence-corrected chi connectivity index (χ3v) is 5.96. The Morgan fingerprint density at radius 3 is 2.55 bits per heavy atom. The van der Waals surface area contributed by atoms with Gasteiger partial charge in [0.25, 0.3) is 5.56 Å². The lowest BCUT2D eigenvalue weighted by Gasteiger charge is -2.07. The molecule has 0 atom stereocenters. The minimum absolute atomic E-state index is 0.0629. The number of esters is 1. The summed E-state index contributed by atoms with van der Waals surface area (Å²) in [4.78, 5) is 30.2. The van der Waals surface area contributed by atoms with E-state index in [2.05, 4.69) is 4.98 Å². The number of aromatic nitrogens is 2. The zero-order valence-electron chi connectivity index (χ0n) is 16.7. The van der Waals surface area contributed by atoms with Gasteiger partial charge in [-0.15, -0.1) is 11.8 Å². The van der Waals surface area contributed by atoms with Gasteiger partial charge in [-0.25, -0.2) is 9.78 Å². The molecule has 0 bridgehead atoms. The van der Waals surface area contributed by atoms with Gasteiger partial charge >= 0.3 is 5.97 Å². The molecule has 0 fully saturated rings. The number of rotatable bonds is 6. The molecule has 4 rings (SSSR count). The lowest BCUT2D eigenvalue weighted by molar-refractivity contribution is 0.0467. The molecule has 0 aliphatic rings. The van der Waals surface area contributed by atoms with E-state index in [0.717, 1.165) is 21.8 Å². The normalized spacial score (nSPS) is 10.9. The van der Waals surface area contributed by atoms with Gasteiger partial charge in [0.15, 0.2) is 0 Å². The van der Waals surface area contributed by atoms with Gasteiger partial charge < -0.3 is 4.74 Å². The fourth-order valence-electron chi connectivity index (χ4n) is 2.99. The Hall–Kier alpha value is -3.09. The van der Waals surface area contributed by atoms with Gasteiger partial charge in [-0.3, -0.25) is 9.20 Å². The van der Waals surface area contributed by atoms with Crippen LogP contribution < -0.4 is 5.56 Å². The molecule has 0 amide bonds. The van der Waals surface area contributed by atoms with Crippen molar-refractivity contribution >= 4 is 35.0 Å². The number of halogens is 1. The minimum atomic E-state index is -0.456. The average molecular weight is 451 g/mol. The van der Waals surface area contributed by atoms with Crippen molar-refractivity contribution in [1.29, 1.82) is 0 Å². The van der Waals surface area contributed by atoms with Crippen molar-refractivity contribution in [2.24, 2.45) is 0 Å². The molecular weight excluding hydrogens is 432 g/mol. The Bertz CT molecular complexity index is 1290. The van der Waals surface area contributed by atoms with Crippen LogP contribution in [-0.4, -0.2) is 15.4 Å². The topological polar surface area (TPSA) is 60.7 Å². The number of hydrogen-bond acceptors (Lipinski definition) is 5. The molecule has 2 heterocycles. The number of hydrogen-bond donors (Lipinski definition) is 0. The Kier molecular flexibility index (Phi) is 6.39. The number of carbonyl (C=O) groups is 1. The van der Waals surface area contributed by atoms with Crippen molar-refractivity contribution in [2.45, 2.75) is 24.2 Å². The lowest BCUT2D eigenvalue weighted by atomic mass is 10.1. The Morgan fingerprint density at radius 2 is 1.81 bits per heavy atom. The number of aryl methyl sites for hydroxylation is 1. The molecule has 156 valence electrons. The summed E-state index contributed by atoms with van der Waals surface area (Å²) in [6, 6.07) is 20.0. The van der Waals surface area contributed by atoms with Crippen molar-refractivity contribution < 1.29 is 9.53 Å². The first-order chi connectivity index (χ1) is 15.0. The molecule has 0 spiro atoms. The molecule has 31 heavy (non-hydrogen) atoms. The van der Waals surface area contributed by atoms with Gasteiger partial charge in [0, 0.05) is 27.9 Å². The van der Waals surface area contributed by atoms with E-state index in [-0.39, 0.29) is 12.2 Å². The van der Waals surface area contributed by atoms with Crippen LogP contribution in [0.15, 0.2) is 82.6 Å². The molecule has 5 nitrogen and oxygen atoms in total. The number of pyridine rings is 1. The molecule has 7 heteroatoms. The molecule has 0 saturated heterocycles. The quantitative estimate of drug-likeness (QED) is 0.294. The summed E-state index contributed by atoms with van der Waals surface area (Å²) in [5.74, 6) is 0.323. The maximum absolute atomic E-state index is 12.4. The van der Waals surface area contributed by atoms with Crippen LogP contribution in [0.1, 0.15) is 27.2 Å². The molecule has 0 radical (unpaired) electrons.